The molecule has 106 heavy (non-hydrogen) atoms. The monoisotopic (exact) mass is 1390 g/mol. The van der Waals surface area contributed by atoms with Gasteiger partial charge in [-0.3, -0.25) is 0 Å². The summed E-state index contributed by atoms with van der Waals surface area (Å²) in [5, 5.41) is 18.9. The van der Waals surface area contributed by atoms with Gasteiger partial charge in [0.1, 0.15) is 72.9 Å². The summed E-state index contributed by atoms with van der Waals surface area (Å²) in [5.41, 5.74) is 22.9. The summed E-state index contributed by atoms with van der Waals surface area (Å²) in [6.07, 6.45) is 6.53. The Bertz CT molecular complexity index is 7220. The predicted molar refractivity (Wildman–Crippen MR) is 439 cm³/mol. The molecule has 0 bridgehead atoms. The van der Waals surface area contributed by atoms with E-state index in [0.717, 1.165) is 105 Å². The Labute approximate surface area is 624 Å². The second-order valence-corrected chi connectivity index (χ2v) is 28.3. The van der Waals surface area contributed by atoms with Gasteiger partial charge in [0.15, 0.2) is 24.8 Å². The van der Waals surface area contributed by atoms with Crippen LogP contribution in [0.1, 0.15) is 73.8 Å². The van der Waals surface area contributed by atoms with Crippen molar-refractivity contribution in [3.63, 3.8) is 0 Å². The second-order valence-electron chi connectivity index (χ2n) is 28.3. The normalized spacial score (nSPS) is 13.3. The lowest BCUT2D eigenvalue weighted by Gasteiger charge is -2.09. The van der Waals surface area contributed by atoms with Crippen LogP contribution in [0.15, 0.2) is 291 Å². The van der Waals surface area contributed by atoms with Crippen molar-refractivity contribution in [3.05, 3.63) is 312 Å². The van der Waals surface area contributed by atoms with Gasteiger partial charge >= 0.3 is 0 Å². The molecule has 0 aliphatic heterocycles. The Morgan fingerprint density at radius 3 is 1.03 bits per heavy atom. The number of rotatable bonds is 6. The summed E-state index contributed by atoms with van der Waals surface area (Å²) in [4.78, 5) is 0. The van der Waals surface area contributed by atoms with Crippen LogP contribution in [0, 0.1) is 34.6 Å². The third kappa shape index (κ3) is 11.8. The number of benzene rings is 12. The van der Waals surface area contributed by atoms with Crippen molar-refractivity contribution in [1.82, 2.24) is 0 Å². The van der Waals surface area contributed by atoms with Gasteiger partial charge in [-0.25, -0.2) is 18.3 Å². The first-order valence-corrected chi connectivity index (χ1v) is 36.1. The van der Waals surface area contributed by atoms with E-state index in [-0.39, 0.29) is 0 Å². The van der Waals surface area contributed by atoms with Crippen LogP contribution >= 0.6 is 0 Å². The molecule has 1 unspecified atom stereocenters. The maximum atomic E-state index is 8.49. The summed E-state index contributed by atoms with van der Waals surface area (Å²) in [5.74, 6) is -1.70. The SMILES string of the molecule is Cc1cc2c(cc1-c1cccc[n+]1C)oc1ccc3ccccc3c12.Cc1cc[n+](C)c(-c2cc3oc4ccc5ccccc5c4c3cc2C)c1.[2H]C([2H])(C)c1cc[n+](C)c(-c2cc3oc4ccc5ccccc5c4c3cc2C)c1.[2H]C([2H])([2H])C([2H])(C)c1cc[n+](C)c(-c2cc3oc4ccc5ccccc5c4c3cc2C)c1. The number of hydrogen-bond acceptors (Lipinski definition) is 4. The van der Waals surface area contributed by atoms with Gasteiger partial charge < -0.3 is 17.7 Å². The van der Waals surface area contributed by atoms with Gasteiger partial charge in [0.2, 0.25) is 22.8 Å². The van der Waals surface area contributed by atoms with E-state index in [9.17, 15) is 0 Å². The van der Waals surface area contributed by atoms with Gasteiger partial charge in [0, 0.05) is 99.8 Å². The van der Waals surface area contributed by atoms with E-state index in [1.807, 2.05) is 90.2 Å². The predicted octanol–water partition coefficient (Wildman–Crippen LogP) is 24.2. The van der Waals surface area contributed by atoms with Gasteiger partial charge in [-0.1, -0.05) is 142 Å². The van der Waals surface area contributed by atoms with E-state index in [1.54, 1.807) is 13.0 Å². The van der Waals surface area contributed by atoms with Crippen molar-refractivity contribution >= 4 is 131 Å². The fourth-order valence-electron chi connectivity index (χ4n) is 15.7. The Hall–Kier alpha value is -12.5. The zero-order valence-corrected chi connectivity index (χ0v) is 61.4. The largest absolute Gasteiger partial charge is 0.456 e. The molecule has 0 aliphatic rings. The molecular weight excluding hydrogens is 1300 g/mol. The molecule has 0 saturated carbocycles. The molecule has 0 spiro atoms. The number of aromatic nitrogens is 4. The highest BCUT2D eigenvalue weighted by Crippen LogP contribution is 2.43. The maximum Gasteiger partial charge on any atom is 0.212 e. The summed E-state index contributed by atoms with van der Waals surface area (Å²) in [7, 11) is 8.07. The Morgan fingerprint density at radius 1 is 0.321 bits per heavy atom. The maximum absolute atomic E-state index is 8.49. The van der Waals surface area contributed by atoms with E-state index in [4.69, 9.17) is 25.9 Å². The summed E-state index contributed by atoms with van der Waals surface area (Å²) >= 11 is 0. The molecule has 1 atom stereocenters. The van der Waals surface area contributed by atoms with Gasteiger partial charge in [0.05, 0.1) is 22.3 Å². The Balaban J connectivity index is 0.000000109. The van der Waals surface area contributed by atoms with E-state index in [2.05, 4.69) is 258 Å². The van der Waals surface area contributed by atoms with Crippen LogP contribution in [0.4, 0.5) is 0 Å². The van der Waals surface area contributed by atoms with Crippen LogP contribution in [-0.2, 0) is 34.6 Å². The van der Waals surface area contributed by atoms with E-state index >= 15 is 0 Å². The van der Waals surface area contributed by atoms with Crippen molar-refractivity contribution in [2.45, 2.75) is 67.6 Å². The molecule has 8 aromatic heterocycles. The molecule has 0 N–H and O–H groups in total. The smallest absolute Gasteiger partial charge is 0.212 e. The zero-order valence-electron chi connectivity index (χ0n) is 67.4. The highest BCUT2D eigenvalue weighted by atomic mass is 16.3. The van der Waals surface area contributed by atoms with Gasteiger partial charge in [-0.15, -0.1) is 0 Å². The number of hydrogen-bond donors (Lipinski definition) is 0. The molecule has 516 valence electrons. The summed E-state index contributed by atoms with van der Waals surface area (Å²) < 4.78 is 81.3. The molecule has 8 heteroatoms. The number of fused-ring (bicyclic) bond motifs is 20. The molecule has 20 rings (SSSR count). The number of nitrogens with zero attached hydrogens (tertiary/aromatic N) is 4. The zero-order chi connectivity index (χ0) is 78.0. The van der Waals surface area contributed by atoms with Gasteiger partial charge in [0.25, 0.3) is 0 Å². The van der Waals surface area contributed by atoms with E-state index < -0.39 is 19.1 Å². The number of furan rings is 4. The van der Waals surface area contributed by atoms with Crippen LogP contribution < -0.4 is 18.3 Å². The van der Waals surface area contributed by atoms with Crippen molar-refractivity contribution in [1.29, 1.82) is 0 Å². The lowest BCUT2D eigenvalue weighted by Crippen LogP contribution is -2.30. The average Bonchev–Trinajstić information content (AvgIpc) is 1.59. The summed E-state index contributed by atoms with van der Waals surface area (Å²) in [6.45, 7) is 11.2. The Morgan fingerprint density at radius 2 is 0.651 bits per heavy atom. The fraction of sp³-hybridized carbons (Fsp3) is 0.143. The molecule has 20 aromatic rings. The minimum Gasteiger partial charge on any atom is -0.456 e. The Kier molecular flexibility index (Phi) is 15.2. The topological polar surface area (TPSA) is 68.1 Å². The molecular formula is C98H84N4O4+4. The first kappa shape index (κ1) is 60.0. The minimum atomic E-state index is -2.43. The summed E-state index contributed by atoms with van der Waals surface area (Å²) in [6, 6.07) is 85.6. The first-order chi connectivity index (χ1) is 53.7. The van der Waals surface area contributed by atoms with Crippen LogP contribution in [-0.4, -0.2) is 0 Å². The molecule has 0 radical (unpaired) electrons. The van der Waals surface area contributed by atoms with Crippen LogP contribution in [0.2, 0.25) is 0 Å². The number of pyridine rings is 4. The molecule has 0 fully saturated rings. The molecule has 8 nitrogen and oxygen atoms in total. The highest BCUT2D eigenvalue weighted by molar-refractivity contribution is 6.22. The van der Waals surface area contributed by atoms with Gasteiger partial charge in [-0.2, -0.15) is 0 Å². The third-order valence-corrected chi connectivity index (χ3v) is 21.3. The van der Waals surface area contributed by atoms with E-state index in [1.165, 1.54) is 105 Å². The van der Waals surface area contributed by atoms with Crippen molar-refractivity contribution in [3.8, 4) is 45.0 Å². The molecule has 0 saturated heterocycles. The van der Waals surface area contributed by atoms with Crippen LogP contribution in [0.5, 0.6) is 0 Å². The van der Waals surface area contributed by atoms with E-state index in [0.29, 0.717) is 11.1 Å². The van der Waals surface area contributed by atoms with Crippen molar-refractivity contribution in [2.75, 3.05) is 0 Å². The number of aryl methyl sites for hydroxylation is 10. The molecule has 8 heterocycles. The second kappa shape index (κ2) is 26.9. The molecule has 12 aromatic carbocycles. The molecule has 0 aliphatic carbocycles. The first-order valence-electron chi connectivity index (χ1n) is 39.1. The van der Waals surface area contributed by atoms with Crippen molar-refractivity contribution < 1.29 is 44.2 Å². The lowest BCUT2D eigenvalue weighted by atomic mass is 9.97. The third-order valence-electron chi connectivity index (χ3n) is 21.3. The standard InChI is InChI=1S/C26H24NO.C25H22NO.C24H20NO.C23H18NO/c1-16(2)19-11-12-27(4)23(14-19)21-15-25-22(13-17(21)3)26-20-8-6-5-7-18(20)9-10-24(26)28-25;1-4-17-11-12-26(3)22(14-17)20-15-24-21(13-16(20)2)25-19-8-6-5-7-18(19)9-10-23(25)27-24;1-15-10-11-25(3)21(12-15)19-14-23-20(13-16(19)2)24-18-7-5-4-6-17(18)8-9-22(24)26-23;1-15-13-19-22(14-18(15)20-9-5-6-12-24(20)2)25-21-11-10-16-7-3-4-8-17(16)23(19)21/h5-16H,1-4H3;5-15H,4H2,1-3H3;4-14H,1-3H3;3-14H,1-2H3/q4*+1/i1D3,16D;4D2;;. The van der Waals surface area contributed by atoms with Crippen LogP contribution in [0.3, 0.4) is 0 Å². The van der Waals surface area contributed by atoms with Crippen LogP contribution in [0.25, 0.3) is 176 Å². The quantitative estimate of drug-likeness (QED) is 0.156. The van der Waals surface area contributed by atoms with Gasteiger partial charge in [-0.05, 0) is 208 Å². The van der Waals surface area contributed by atoms with Crippen molar-refractivity contribution in [2.24, 2.45) is 28.2 Å². The lowest BCUT2D eigenvalue weighted by molar-refractivity contribution is -0.660. The molecule has 0 amide bonds. The minimum absolute atomic E-state index is 0.459. The fourth-order valence-corrected chi connectivity index (χ4v) is 15.7. The highest BCUT2D eigenvalue weighted by Gasteiger charge is 2.24. The average molecular weight is 1390 g/mol.